The number of hydrogen-bond acceptors (Lipinski definition) is 6. The van der Waals surface area contributed by atoms with Gasteiger partial charge < -0.3 is 10.3 Å². The van der Waals surface area contributed by atoms with E-state index in [-0.39, 0.29) is 5.56 Å². The van der Waals surface area contributed by atoms with Gasteiger partial charge >= 0.3 is 0 Å². The molecule has 0 radical (unpaired) electrons. The molecule has 0 saturated carbocycles. The van der Waals surface area contributed by atoms with Gasteiger partial charge in [0.15, 0.2) is 5.17 Å². The number of aromatic amines is 1. The summed E-state index contributed by atoms with van der Waals surface area (Å²) >= 11 is 4.64. The Bertz CT molecular complexity index is 864. The number of fused-ring (bicyclic) bond motifs is 1. The molecule has 0 amide bonds. The predicted octanol–water partition coefficient (Wildman–Crippen LogP) is 3.15. The zero-order chi connectivity index (χ0) is 15.5. The van der Waals surface area contributed by atoms with E-state index in [4.69, 9.17) is 0 Å². The van der Waals surface area contributed by atoms with Gasteiger partial charge in [-0.2, -0.15) is 0 Å². The predicted molar refractivity (Wildman–Crippen MR) is 97.3 cm³/mol. The molecule has 0 saturated heterocycles. The first-order valence-electron chi connectivity index (χ1n) is 6.54. The lowest BCUT2D eigenvalue weighted by Gasteiger charge is -2.04. The Morgan fingerprint density at radius 1 is 1.50 bits per heavy atom. The quantitative estimate of drug-likeness (QED) is 0.562. The summed E-state index contributed by atoms with van der Waals surface area (Å²) in [6.07, 6.45) is 0. The van der Waals surface area contributed by atoms with Crippen molar-refractivity contribution >= 4 is 49.8 Å². The number of thiophene rings is 2. The molecule has 0 unspecified atom stereocenters. The second kappa shape index (κ2) is 6.64. The van der Waals surface area contributed by atoms with Crippen molar-refractivity contribution in [3.05, 3.63) is 39.1 Å². The van der Waals surface area contributed by atoms with Crippen molar-refractivity contribution in [2.45, 2.75) is 5.75 Å². The second-order valence-electron chi connectivity index (χ2n) is 4.39. The van der Waals surface area contributed by atoms with Gasteiger partial charge in [-0.15, -0.1) is 22.7 Å². The molecule has 3 heterocycles. The Balaban J connectivity index is 1.96. The Morgan fingerprint density at radius 3 is 3.05 bits per heavy atom. The highest BCUT2D eigenvalue weighted by Crippen LogP contribution is 2.33. The highest BCUT2D eigenvalue weighted by molar-refractivity contribution is 8.13. The van der Waals surface area contributed by atoms with Crippen molar-refractivity contribution in [3.8, 4) is 10.4 Å². The van der Waals surface area contributed by atoms with Crippen LogP contribution in [0.5, 0.6) is 0 Å². The van der Waals surface area contributed by atoms with Gasteiger partial charge in [0.25, 0.3) is 5.56 Å². The summed E-state index contributed by atoms with van der Waals surface area (Å²) in [7, 11) is 3.55. The monoisotopic (exact) mass is 350 g/mol. The van der Waals surface area contributed by atoms with E-state index in [2.05, 4.69) is 20.3 Å². The zero-order valence-electron chi connectivity index (χ0n) is 12.0. The van der Waals surface area contributed by atoms with Crippen LogP contribution in [0.1, 0.15) is 5.82 Å². The maximum Gasteiger partial charge on any atom is 0.260 e. The van der Waals surface area contributed by atoms with Crippen LogP contribution in [0.3, 0.4) is 0 Å². The van der Waals surface area contributed by atoms with Crippen molar-refractivity contribution in [2.75, 3.05) is 14.1 Å². The second-order valence-corrected chi connectivity index (χ2v) is 7.16. The first kappa shape index (κ1) is 15.3. The normalized spacial score (nSPS) is 12.0. The summed E-state index contributed by atoms with van der Waals surface area (Å²) in [5.41, 5.74) is 0.888. The minimum absolute atomic E-state index is 0.0790. The molecule has 0 bridgehead atoms. The molecule has 0 aliphatic heterocycles. The number of hydrogen-bond donors (Lipinski definition) is 2. The SMILES string of the molecule is CN=C(NC)SCc1nc2scc(-c3cccs3)c2c(=O)[nH]1. The van der Waals surface area contributed by atoms with Crippen LogP contribution in [0.25, 0.3) is 20.7 Å². The van der Waals surface area contributed by atoms with Crippen molar-refractivity contribution in [1.29, 1.82) is 0 Å². The van der Waals surface area contributed by atoms with Gasteiger partial charge in [-0.3, -0.25) is 9.79 Å². The highest BCUT2D eigenvalue weighted by Gasteiger charge is 2.13. The summed E-state index contributed by atoms with van der Waals surface area (Å²) < 4.78 is 0. The van der Waals surface area contributed by atoms with E-state index in [1.165, 1.54) is 23.1 Å². The van der Waals surface area contributed by atoms with Gasteiger partial charge in [0.05, 0.1) is 11.1 Å². The molecule has 22 heavy (non-hydrogen) atoms. The molecule has 8 heteroatoms. The van der Waals surface area contributed by atoms with Gasteiger partial charge in [0.2, 0.25) is 0 Å². The third-order valence-electron chi connectivity index (χ3n) is 3.04. The van der Waals surface area contributed by atoms with Gasteiger partial charge in [-0.05, 0) is 11.4 Å². The van der Waals surface area contributed by atoms with E-state index >= 15 is 0 Å². The van der Waals surface area contributed by atoms with Gasteiger partial charge in [0, 0.05) is 29.9 Å². The standard InChI is InChI=1S/C14H14N4OS3/c1-15-14(16-2)22-7-10-17-12(19)11-8(6-21-13(11)18-10)9-4-3-5-20-9/h3-6H,7H2,1-2H3,(H,15,16)(H,17,18,19). The average molecular weight is 350 g/mol. The molecule has 0 aliphatic carbocycles. The van der Waals surface area contributed by atoms with Crippen molar-refractivity contribution in [1.82, 2.24) is 15.3 Å². The molecular weight excluding hydrogens is 336 g/mol. The smallest absolute Gasteiger partial charge is 0.260 e. The highest BCUT2D eigenvalue weighted by atomic mass is 32.2. The molecule has 0 atom stereocenters. The molecular formula is C14H14N4OS3. The Labute approximate surface area is 139 Å². The van der Waals surface area contributed by atoms with Crippen LogP contribution in [0.2, 0.25) is 0 Å². The van der Waals surface area contributed by atoms with Gasteiger partial charge in [-0.1, -0.05) is 17.8 Å². The number of nitrogens with one attached hydrogen (secondary N) is 2. The number of aromatic nitrogens is 2. The van der Waals surface area contributed by atoms with Crippen LogP contribution in [0.4, 0.5) is 0 Å². The fourth-order valence-corrected chi connectivity index (χ4v) is 4.52. The summed E-state index contributed by atoms with van der Waals surface area (Å²) in [6, 6.07) is 4.01. The lowest BCUT2D eigenvalue weighted by atomic mass is 10.2. The van der Waals surface area contributed by atoms with Gasteiger partial charge in [0.1, 0.15) is 10.7 Å². The minimum Gasteiger partial charge on any atom is -0.368 e. The largest absolute Gasteiger partial charge is 0.368 e. The number of nitrogens with zero attached hydrogens (tertiary/aromatic N) is 2. The van der Waals surface area contributed by atoms with Crippen molar-refractivity contribution in [2.24, 2.45) is 4.99 Å². The van der Waals surface area contributed by atoms with Crippen LogP contribution in [-0.4, -0.2) is 29.2 Å². The third-order valence-corrected chi connectivity index (χ3v) is 5.90. The van der Waals surface area contributed by atoms with E-state index in [1.54, 1.807) is 18.4 Å². The molecule has 0 fully saturated rings. The average Bonchev–Trinajstić information content (AvgIpc) is 3.17. The molecule has 3 rings (SSSR count). The van der Waals surface area contributed by atoms with Crippen LogP contribution >= 0.6 is 34.4 Å². The maximum absolute atomic E-state index is 12.4. The Kier molecular flexibility index (Phi) is 4.60. The van der Waals surface area contributed by atoms with Crippen molar-refractivity contribution in [3.63, 3.8) is 0 Å². The van der Waals surface area contributed by atoms with E-state index in [0.29, 0.717) is 17.0 Å². The number of thioether (sulfide) groups is 1. The lowest BCUT2D eigenvalue weighted by molar-refractivity contribution is 1.05. The van der Waals surface area contributed by atoms with Crippen LogP contribution in [0.15, 0.2) is 32.7 Å². The number of rotatable bonds is 3. The van der Waals surface area contributed by atoms with Crippen LogP contribution in [0, 0.1) is 0 Å². The van der Waals surface area contributed by atoms with Crippen LogP contribution < -0.4 is 10.9 Å². The van der Waals surface area contributed by atoms with E-state index in [0.717, 1.165) is 20.4 Å². The number of H-pyrrole nitrogens is 1. The topological polar surface area (TPSA) is 70.1 Å². The fourth-order valence-electron chi connectivity index (χ4n) is 2.06. The molecule has 0 aliphatic rings. The van der Waals surface area contributed by atoms with Crippen molar-refractivity contribution < 1.29 is 0 Å². The van der Waals surface area contributed by atoms with E-state index < -0.39 is 0 Å². The summed E-state index contributed by atoms with van der Waals surface area (Å²) in [4.78, 5) is 25.8. The Morgan fingerprint density at radius 2 is 2.36 bits per heavy atom. The van der Waals surface area contributed by atoms with E-state index in [1.807, 2.05) is 29.9 Å². The van der Waals surface area contributed by atoms with Gasteiger partial charge in [-0.25, -0.2) is 4.98 Å². The molecule has 2 N–H and O–H groups in total. The molecule has 3 aromatic heterocycles. The Hall–Kier alpha value is -1.64. The summed E-state index contributed by atoms with van der Waals surface area (Å²) in [5, 5.41) is 8.50. The summed E-state index contributed by atoms with van der Waals surface area (Å²) in [5.74, 6) is 1.24. The maximum atomic E-state index is 12.4. The third kappa shape index (κ3) is 2.94. The first-order valence-corrected chi connectivity index (χ1v) is 9.29. The molecule has 0 spiro atoms. The number of amidine groups is 1. The zero-order valence-corrected chi connectivity index (χ0v) is 14.5. The van der Waals surface area contributed by atoms with E-state index in [9.17, 15) is 4.79 Å². The van der Waals surface area contributed by atoms with Crippen LogP contribution in [-0.2, 0) is 5.75 Å². The molecule has 0 aromatic carbocycles. The first-order chi connectivity index (χ1) is 10.7. The minimum atomic E-state index is -0.0790. The molecule has 5 nitrogen and oxygen atoms in total. The molecule has 3 aromatic rings. The number of aliphatic imine (C=N–C) groups is 1. The molecule has 114 valence electrons. The fraction of sp³-hybridized carbons (Fsp3) is 0.214. The lowest BCUT2D eigenvalue weighted by Crippen LogP contribution is -2.16. The summed E-state index contributed by atoms with van der Waals surface area (Å²) in [6.45, 7) is 0.